The van der Waals surface area contributed by atoms with Gasteiger partial charge in [0.05, 0.1) is 12.5 Å². The van der Waals surface area contributed by atoms with Gasteiger partial charge in [0.2, 0.25) is 5.91 Å². The lowest BCUT2D eigenvalue weighted by atomic mass is 9.92. The normalized spacial score (nSPS) is 20.8. The largest absolute Gasteiger partial charge is 0.348 e. The van der Waals surface area contributed by atoms with Crippen molar-refractivity contribution in [2.45, 2.75) is 32.7 Å². The van der Waals surface area contributed by atoms with Crippen LogP contribution in [0.2, 0.25) is 0 Å². The number of amides is 1. The van der Waals surface area contributed by atoms with E-state index in [0.717, 1.165) is 11.1 Å². The Balaban J connectivity index is 2.29. The van der Waals surface area contributed by atoms with Crippen molar-refractivity contribution in [2.24, 2.45) is 0 Å². The number of carbonyl (C=O) groups excluding carboxylic acids is 2. The first-order chi connectivity index (χ1) is 7.56. The molecule has 1 aromatic carbocycles. The molecule has 0 bridgehead atoms. The Bertz CT molecular complexity index is 435. The van der Waals surface area contributed by atoms with Crippen molar-refractivity contribution >= 4 is 11.7 Å². The number of hydrogen-bond donors (Lipinski definition) is 1. The molecule has 0 spiro atoms. The summed E-state index contributed by atoms with van der Waals surface area (Å²) in [5.41, 5.74) is 3.36. The summed E-state index contributed by atoms with van der Waals surface area (Å²) in [6.07, 6.45) is 0.442. The average Bonchev–Trinajstić information content (AvgIpc) is 2.15. The van der Waals surface area contributed by atoms with Gasteiger partial charge in [0, 0.05) is 6.42 Å². The molecule has 0 aromatic heterocycles. The first-order valence-electron chi connectivity index (χ1n) is 5.44. The van der Waals surface area contributed by atoms with E-state index in [1.54, 1.807) is 0 Å². The van der Waals surface area contributed by atoms with Crippen LogP contribution in [0.3, 0.4) is 0 Å². The summed E-state index contributed by atoms with van der Waals surface area (Å²) in [7, 11) is 0. The predicted molar refractivity (Wildman–Crippen MR) is 61.0 cm³/mol. The van der Waals surface area contributed by atoms with Crippen molar-refractivity contribution in [3.05, 3.63) is 34.9 Å². The Labute approximate surface area is 94.9 Å². The Kier molecular flexibility index (Phi) is 2.77. The Morgan fingerprint density at radius 1 is 1.25 bits per heavy atom. The Hall–Kier alpha value is -1.64. The second-order valence-electron chi connectivity index (χ2n) is 4.40. The minimum atomic E-state index is -0.166. The van der Waals surface area contributed by atoms with Gasteiger partial charge in [-0.15, -0.1) is 0 Å². The van der Waals surface area contributed by atoms with Crippen LogP contribution in [-0.2, 0) is 9.59 Å². The molecule has 1 fully saturated rings. The number of nitrogens with one attached hydrogen (secondary N) is 1. The quantitative estimate of drug-likeness (QED) is 0.729. The molecule has 0 radical (unpaired) electrons. The lowest BCUT2D eigenvalue weighted by molar-refractivity contribution is -0.132. The standard InChI is InChI=1S/C13H15NO2/c1-8-3-4-11(9(2)5-8)12-6-10(15)7-13(16)14-12/h3-5,12H,6-7H2,1-2H3,(H,14,16). The second kappa shape index (κ2) is 4.08. The fourth-order valence-corrected chi connectivity index (χ4v) is 2.18. The van der Waals surface area contributed by atoms with Crippen LogP contribution in [0.5, 0.6) is 0 Å². The maximum Gasteiger partial charge on any atom is 0.227 e. The maximum atomic E-state index is 11.4. The van der Waals surface area contributed by atoms with Crippen LogP contribution >= 0.6 is 0 Å². The highest BCUT2D eigenvalue weighted by Gasteiger charge is 2.26. The van der Waals surface area contributed by atoms with Crippen LogP contribution in [0.15, 0.2) is 18.2 Å². The third kappa shape index (κ3) is 2.13. The van der Waals surface area contributed by atoms with Gasteiger partial charge >= 0.3 is 0 Å². The number of carbonyl (C=O) groups is 2. The van der Waals surface area contributed by atoms with Crippen molar-refractivity contribution in [1.82, 2.24) is 5.32 Å². The zero-order valence-electron chi connectivity index (χ0n) is 9.54. The fraction of sp³-hybridized carbons (Fsp3) is 0.385. The van der Waals surface area contributed by atoms with Crippen LogP contribution < -0.4 is 5.32 Å². The Morgan fingerprint density at radius 3 is 2.62 bits per heavy atom. The molecule has 1 aliphatic rings. The highest BCUT2D eigenvalue weighted by Crippen LogP contribution is 2.25. The van der Waals surface area contributed by atoms with Crippen LogP contribution in [0.4, 0.5) is 0 Å². The van der Waals surface area contributed by atoms with Crippen molar-refractivity contribution in [3.8, 4) is 0 Å². The summed E-state index contributed by atoms with van der Waals surface area (Å²) in [5, 5.41) is 2.86. The summed E-state index contributed by atoms with van der Waals surface area (Å²) >= 11 is 0. The smallest absolute Gasteiger partial charge is 0.227 e. The van der Waals surface area contributed by atoms with Crippen LogP contribution in [0.1, 0.15) is 35.6 Å². The topological polar surface area (TPSA) is 46.2 Å². The van der Waals surface area contributed by atoms with E-state index in [9.17, 15) is 9.59 Å². The van der Waals surface area contributed by atoms with E-state index in [-0.39, 0.29) is 24.2 Å². The molecule has 1 amide bonds. The number of ketones is 1. The molecule has 3 nitrogen and oxygen atoms in total. The van der Waals surface area contributed by atoms with Gasteiger partial charge in [0.1, 0.15) is 5.78 Å². The molecule has 0 saturated carbocycles. The van der Waals surface area contributed by atoms with Crippen molar-refractivity contribution in [1.29, 1.82) is 0 Å². The van der Waals surface area contributed by atoms with Gasteiger partial charge in [-0.25, -0.2) is 0 Å². The first kappa shape index (κ1) is 10.9. The number of Topliss-reactive ketones (excluding diaryl/α,β-unsaturated/α-hetero) is 1. The van der Waals surface area contributed by atoms with Gasteiger partial charge in [0.25, 0.3) is 0 Å². The highest BCUT2D eigenvalue weighted by atomic mass is 16.2. The molecule has 16 heavy (non-hydrogen) atoms. The van der Waals surface area contributed by atoms with E-state index >= 15 is 0 Å². The van der Waals surface area contributed by atoms with E-state index in [1.807, 2.05) is 26.0 Å². The molecule has 1 aliphatic heterocycles. The molecule has 2 rings (SSSR count). The predicted octanol–water partition coefficient (Wildman–Crippen LogP) is 1.82. The summed E-state index contributed by atoms with van der Waals surface area (Å²) in [6, 6.07) is 5.93. The monoisotopic (exact) mass is 217 g/mol. The van der Waals surface area contributed by atoms with Crippen molar-refractivity contribution < 1.29 is 9.59 Å². The molecule has 1 aromatic rings. The number of rotatable bonds is 1. The van der Waals surface area contributed by atoms with Crippen LogP contribution in [-0.4, -0.2) is 11.7 Å². The molecule has 1 atom stereocenters. The highest BCUT2D eigenvalue weighted by molar-refractivity contribution is 6.00. The van der Waals surface area contributed by atoms with Gasteiger partial charge in [0.15, 0.2) is 0 Å². The molecular formula is C13H15NO2. The van der Waals surface area contributed by atoms with Gasteiger partial charge < -0.3 is 5.32 Å². The zero-order chi connectivity index (χ0) is 11.7. The summed E-state index contributed by atoms with van der Waals surface area (Å²) < 4.78 is 0. The van der Waals surface area contributed by atoms with Crippen LogP contribution in [0, 0.1) is 13.8 Å². The van der Waals surface area contributed by atoms with Crippen LogP contribution in [0.25, 0.3) is 0 Å². The molecule has 3 heteroatoms. The minimum Gasteiger partial charge on any atom is -0.348 e. The van der Waals surface area contributed by atoms with Crippen molar-refractivity contribution in [3.63, 3.8) is 0 Å². The lowest BCUT2D eigenvalue weighted by Gasteiger charge is -2.24. The van der Waals surface area contributed by atoms with Gasteiger partial charge in [-0.2, -0.15) is 0 Å². The molecule has 1 saturated heterocycles. The molecule has 1 unspecified atom stereocenters. The molecule has 84 valence electrons. The molecule has 0 aliphatic carbocycles. The van der Waals surface area contributed by atoms with E-state index in [4.69, 9.17) is 0 Å². The van der Waals surface area contributed by atoms with E-state index in [2.05, 4.69) is 11.4 Å². The van der Waals surface area contributed by atoms with E-state index in [1.165, 1.54) is 5.56 Å². The van der Waals surface area contributed by atoms with Crippen molar-refractivity contribution in [2.75, 3.05) is 0 Å². The third-order valence-corrected chi connectivity index (χ3v) is 2.93. The van der Waals surface area contributed by atoms with Gasteiger partial charge in [-0.1, -0.05) is 23.8 Å². The SMILES string of the molecule is Cc1ccc(C2CC(=O)CC(=O)N2)c(C)c1. The fourth-order valence-electron chi connectivity index (χ4n) is 2.18. The molecular weight excluding hydrogens is 202 g/mol. The number of aryl methyl sites for hydroxylation is 2. The third-order valence-electron chi connectivity index (χ3n) is 2.93. The first-order valence-corrected chi connectivity index (χ1v) is 5.44. The summed E-state index contributed by atoms with van der Waals surface area (Å²) in [5.74, 6) is -0.144. The van der Waals surface area contributed by atoms with E-state index < -0.39 is 0 Å². The minimum absolute atomic E-state index is 0.0220. The second-order valence-corrected chi connectivity index (χ2v) is 4.40. The average molecular weight is 217 g/mol. The summed E-state index contributed by atoms with van der Waals surface area (Å²) in [4.78, 5) is 22.7. The molecule has 1 heterocycles. The van der Waals surface area contributed by atoms with Gasteiger partial charge in [-0.05, 0) is 25.0 Å². The number of hydrogen-bond acceptors (Lipinski definition) is 2. The summed E-state index contributed by atoms with van der Waals surface area (Å²) in [6.45, 7) is 4.04. The lowest BCUT2D eigenvalue weighted by Crippen LogP contribution is -2.37. The Morgan fingerprint density at radius 2 is 2.00 bits per heavy atom. The molecule has 1 N–H and O–H groups in total. The van der Waals surface area contributed by atoms with E-state index in [0.29, 0.717) is 6.42 Å². The zero-order valence-corrected chi connectivity index (χ0v) is 9.54. The number of piperidine rings is 1. The van der Waals surface area contributed by atoms with Gasteiger partial charge in [-0.3, -0.25) is 9.59 Å². The number of benzene rings is 1. The maximum absolute atomic E-state index is 11.4.